The summed E-state index contributed by atoms with van der Waals surface area (Å²) in [7, 11) is 1.26. The minimum atomic E-state index is -0.747. The standard InChI is InChI=1S/C14H22N2O5/c1-14(2,3)21-13(19)15-10-7-5-6-8-16(12(10)18)9-11(17)20-4/h5-6,10H,7-9H2,1-4H3,(H,15,19)/t10-/m0/s1. The normalized spacial score (nSPS) is 19.0. The van der Waals surface area contributed by atoms with Gasteiger partial charge in [0.15, 0.2) is 0 Å². The van der Waals surface area contributed by atoms with Gasteiger partial charge in [-0.2, -0.15) is 0 Å². The van der Waals surface area contributed by atoms with E-state index in [9.17, 15) is 14.4 Å². The van der Waals surface area contributed by atoms with Crippen LogP contribution < -0.4 is 5.32 Å². The molecule has 0 spiro atoms. The number of hydrogen-bond acceptors (Lipinski definition) is 5. The molecule has 118 valence electrons. The second kappa shape index (κ2) is 7.10. The van der Waals surface area contributed by atoms with E-state index in [0.717, 1.165) is 0 Å². The summed E-state index contributed by atoms with van der Waals surface area (Å²) in [5.41, 5.74) is -0.639. The molecule has 1 atom stereocenters. The number of alkyl carbamates (subject to hydrolysis) is 1. The lowest BCUT2D eigenvalue weighted by Crippen LogP contribution is -2.50. The molecule has 1 N–H and O–H groups in total. The second-order valence-corrected chi connectivity index (χ2v) is 5.70. The van der Waals surface area contributed by atoms with Crippen LogP contribution in [0.2, 0.25) is 0 Å². The average Bonchev–Trinajstić information content (AvgIpc) is 2.52. The highest BCUT2D eigenvalue weighted by molar-refractivity contribution is 5.89. The number of amides is 2. The summed E-state index contributed by atoms with van der Waals surface area (Å²) in [6.45, 7) is 5.38. The van der Waals surface area contributed by atoms with Gasteiger partial charge in [-0.25, -0.2) is 4.79 Å². The highest BCUT2D eigenvalue weighted by Crippen LogP contribution is 2.10. The first kappa shape index (κ1) is 17.0. The van der Waals surface area contributed by atoms with Crippen LogP contribution >= 0.6 is 0 Å². The Balaban J connectivity index is 2.68. The molecule has 0 aromatic heterocycles. The molecule has 7 heteroatoms. The van der Waals surface area contributed by atoms with E-state index < -0.39 is 23.7 Å². The molecule has 7 nitrogen and oxygen atoms in total. The van der Waals surface area contributed by atoms with E-state index >= 15 is 0 Å². The molecule has 0 fully saturated rings. The predicted octanol–water partition coefficient (Wildman–Crippen LogP) is 0.841. The maximum atomic E-state index is 12.3. The predicted molar refractivity (Wildman–Crippen MR) is 75.5 cm³/mol. The van der Waals surface area contributed by atoms with Gasteiger partial charge >= 0.3 is 12.1 Å². The number of ether oxygens (including phenoxy) is 2. The van der Waals surface area contributed by atoms with Crippen LogP contribution in [0.5, 0.6) is 0 Å². The summed E-state index contributed by atoms with van der Waals surface area (Å²) < 4.78 is 9.69. The van der Waals surface area contributed by atoms with Crippen molar-refractivity contribution in [2.24, 2.45) is 0 Å². The highest BCUT2D eigenvalue weighted by Gasteiger charge is 2.29. The second-order valence-electron chi connectivity index (χ2n) is 5.70. The molecule has 2 amide bonds. The van der Waals surface area contributed by atoms with Crippen LogP contribution in [-0.4, -0.2) is 54.7 Å². The van der Waals surface area contributed by atoms with E-state index in [1.165, 1.54) is 12.0 Å². The molecule has 21 heavy (non-hydrogen) atoms. The zero-order chi connectivity index (χ0) is 16.0. The van der Waals surface area contributed by atoms with E-state index in [-0.39, 0.29) is 12.5 Å². The summed E-state index contributed by atoms with van der Waals surface area (Å²) in [4.78, 5) is 36.7. The average molecular weight is 298 g/mol. The number of nitrogens with one attached hydrogen (secondary N) is 1. The van der Waals surface area contributed by atoms with Crippen LogP contribution in [0.3, 0.4) is 0 Å². The van der Waals surface area contributed by atoms with Crippen LogP contribution in [0.1, 0.15) is 27.2 Å². The van der Waals surface area contributed by atoms with Crippen molar-refractivity contribution >= 4 is 18.0 Å². The Labute approximate surface area is 124 Å². The fourth-order valence-electron chi connectivity index (χ4n) is 1.78. The van der Waals surface area contributed by atoms with Gasteiger partial charge in [0.05, 0.1) is 7.11 Å². The van der Waals surface area contributed by atoms with Crippen LogP contribution in [-0.2, 0) is 19.1 Å². The van der Waals surface area contributed by atoms with Gasteiger partial charge in [0, 0.05) is 6.54 Å². The molecule has 1 rings (SSSR count). The van der Waals surface area contributed by atoms with Crippen molar-refractivity contribution in [2.45, 2.75) is 38.8 Å². The van der Waals surface area contributed by atoms with Gasteiger partial charge in [0.1, 0.15) is 18.2 Å². The van der Waals surface area contributed by atoms with E-state index in [0.29, 0.717) is 13.0 Å². The number of methoxy groups -OCH3 is 1. The van der Waals surface area contributed by atoms with E-state index in [4.69, 9.17) is 4.74 Å². The molecule has 0 aliphatic carbocycles. The van der Waals surface area contributed by atoms with Gasteiger partial charge in [0.2, 0.25) is 5.91 Å². The topological polar surface area (TPSA) is 84.9 Å². The summed E-state index contributed by atoms with van der Waals surface area (Å²) in [6, 6.07) is -0.747. The van der Waals surface area contributed by atoms with E-state index in [2.05, 4.69) is 10.1 Å². The molecule has 0 aromatic carbocycles. The number of rotatable bonds is 3. The third kappa shape index (κ3) is 5.85. The highest BCUT2D eigenvalue weighted by atomic mass is 16.6. The summed E-state index contributed by atoms with van der Waals surface area (Å²) in [5, 5.41) is 2.53. The van der Waals surface area contributed by atoms with Gasteiger partial charge in [-0.05, 0) is 27.2 Å². The molecule has 0 saturated carbocycles. The molecular weight excluding hydrogens is 276 g/mol. The molecule has 0 bridgehead atoms. The van der Waals surface area contributed by atoms with Gasteiger partial charge in [-0.1, -0.05) is 12.2 Å². The lowest BCUT2D eigenvalue weighted by atomic mass is 10.2. The third-order valence-electron chi connectivity index (χ3n) is 2.71. The maximum absolute atomic E-state index is 12.3. The van der Waals surface area contributed by atoms with Crippen LogP contribution in [0, 0.1) is 0 Å². The summed E-state index contributed by atoms with van der Waals surface area (Å²) in [5.74, 6) is -0.842. The minimum absolute atomic E-state index is 0.147. The van der Waals surface area contributed by atoms with Crippen LogP contribution in [0.4, 0.5) is 4.79 Å². The van der Waals surface area contributed by atoms with Crippen molar-refractivity contribution in [1.82, 2.24) is 10.2 Å². The molecule has 0 unspecified atom stereocenters. The Morgan fingerprint density at radius 1 is 1.38 bits per heavy atom. The van der Waals surface area contributed by atoms with Crippen LogP contribution in [0.15, 0.2) is 12.2 Å². The first-order valence-electron chi connectivity index (χ1n) is 6.73. The zero-order valence-corrected chi connectivity index (χ0v) is 12.8. The number of nitrogens with zero attached hydrogens (tertiary/aromatic N) is 1. The summed E-state index contributed by atoms with van der Waals surface area (Å²) in [6.07, 6.45) is 3.26. The van der Waals surface area contributed by atoms with Crippen molar-refractivity contribution in [2.75, 3.05) is 20.2 Å². The Morgan fingerprint density at radius 3 is 2.62 bits per heavy atom. The van der Waals surface area contributed by atoms with Crippen molar-refractivity contribution < 1.29 is 23.9 Å². The van der Waals surface area contributed by atoms with Crippen LogP contribution in [0.25, 0.3) is 0 Å². The Hall–Kier alpha value is -2.05. The van der Waals surface area contributed by atoms with Crippen molar-refractivity contribution in [3.8, 4) is 0 Å². The number of carbonyl (C=O) groups excluding carboxylic acids is 3. The lowest BCUT2D eigenvalue weighted by molar-refractivity contribution is -0.147. The molecule has 0 aromatic rings. The third-order valence-corrected chi connectivity index (χ3v) is 2.71. The molecule has 1 heterocycles. The Kier molecular flexibility index (Phi) is 5.75. The number of hydrogen-bond donors (Lipinski definition) is 1. The Morgan fingerprint density at radius 2 is 2.05 bits per heavy atom. The van der Waals surface area contributed by atoms with Gasteiger partial charge in [-0.15, -0.1) is 0 Å². The van der Waals surface area contributed by atoms with Gasteiger partial charge in [0.25, 0.3) is 0 Å². The Bertz CT molecular complexity index is 439. The van der Waals surface area contributed by atoms with Gasteiger partial charge < -0.3 is 19.7 Å². The first-order valence-corrected chi connectivity index (χ1v) is 6.73. The zero-order valence-electron chi connectivity index (χ0n) is 12.8. The van der Waals surface area contributed by atoms with Crippen molar-refractivity contribution in [3.63, 3.8) is 0 Å². The fraction of sp³-hybridized carbons (Fsp3) is 0.643. The smallest absolute Gasteiger partial charge is 0.408 e. The SMILES string of the molecule is COC(=O)CN1CC=CC[C@H](NC(=O)OC(C)(C)C)C1=O. The first-order chi connectivity index (χ1) is 9.73. The summed E-state index contributed by atoms with van der Waals surface area (Å²) >= 11 is 0. The quantitative estimate of drug-likeness (QED) is 0.616. The lowest BCUT2D eigenvalue weighted by Gasteiger charge is -2.25. The van der Waals surface area contributed by atoms with E-state index in [1.807, 2.05) is 0 Å². The minimum Gasteiger partial charge on any atom is -0.468 e. The number of esters is 1. The van der Waals surface area contributed by atoms with Crippen molar-refractivity contribution in [3.05, 3.63) is 12.2 Å². The molecule has 0 saturated heterocycles. The van der Waals surface area contributed by atoms with Gasteiger partial charge in [-0.3, -0.25) is 9.59 Å². The fourth-order valence-corrected chi connectivity index (χ4v) is 1.78. The van der Waals surface area contributed by atoms with E-state index in [1.54, 1.807) is 32.9 Å². The molecule has 1 aliphatic rings. The monoisotopic (exact) mass is 298 g/mol. The van der Waals surface area contributed by atoms with Crippen molar-refractivity contribution in [1.29, 1.82) is 0 Å². The number of carbonyl (C=O) groups is 3. The molecular formula is C14H22N2O5. The molecule has 1 aliphatic heterocycles. The maximum Gasteiger partial charge on any atom is 0.408 e. The largest absolute Gasteiger partial charge is 0.468 e. The molecule has 0 radical (unpaired) electrons.